The number of nitrogens with zero attached hydrogens (tertiary/aromatic N) is 3. The minimum Gasteiger partial charge on any atom is -0.493 e. The van der Waals surface area contributed by atoms with Crippen LogP contribution in [0.25, 0.3) is 5.69 Å². The van der Waals surface area contributed by atoms with E-state index in [2.05, 4.69) is 10.5 Å². The Morgan fingerprint density at radius 1 is 1.28 bits per heavy atom. The van der Waals surface area contributed by atoms with Gasteiger partial charge in [-0.2, -0.15) is 9.78 Å². The molecule has 134 valence electrons. The molecule has 2 heterocycles. The number of carbonyl (C=O) groups excluding carboxylic acids is 1. The summed E-state index contributed by atoms with van der Waals surface area (Å²) in [7, 11) is 0. The highest BCUT2D eigenvalue weighted by Gasteiger charge is 2.25. The van der Waals surface area contributed by atoms with Crippen LogP contribution in [0.5, 0.6) is 5.88 Å². The van der Waals surface area contributed by atoms with Crippen LogP contribution in [-0.2, 0) is 6.42 Å². The molecule has 0 aliphatic carbocycles. The van der Waals surface area contributed by atoms with Crippen LogP contribution in [-0.4, -0.2) is 38.9 Å². The number of hydrazine groups is 1. The molecular weight excluding hydrogens is 363 g/mol. The molecule has 8 heteroatoms. The van der Waals surface area contributed by atoms with E-state index in [1.54, 1.807) is 18.2 Å². The number of aromatic nitrogens is 2. The molecule has 1 aliphatic rings. The van der Waals surface area contributed by atoms with E-state index in [1.807, 2.05) is 11.9 Å². The van der Waals surface area contributed by atoms with Gasteiger partial charge < -0.3 is 5.11 Å². The van der Waals surface area contributed by atoms with Gasteiger partial charge in [-0.25, -0.2) is 5.01 Å². The Hall–Kier alpha value is -1.76. The third-order valence-corrected chi connectivity index (χ3v) is 4.82. The maximum absolute atomic E-state index is 12.6. The van der Waals surface area contributed by atoms with Crippen LogP contribution in [0, 0.1) is 0 Å². The Morgan fingerprint density at radius 2 is 2.00 bits per heavy atom. The fourth-order valence-corrected chi connectivity index (χ4v) is 3.46. The van der Waals surface area contributed by atoms with Crippen molar-refractivity contribution in [2.75, 3.05) is 13.1 Å². The van der Waals surface area contributed by atoms with Crippen molar-refractivity contribution < 1.29 is 9.90 Å². The molecule has 2 N–H and O–H groups in total. The highest BCUT2D eigenvalue weighted by molar-refractivity contribution is 6.35. The monoisotopic (exact) mass is 382 g/mol. The molecule has 25 heavy (non-hydrogen) atoms. The second-order valence-electron chi connectivity index (χ2n) is 6.00. The van der Waals surface area contributed by atoms with Gasteiger partial charge in [0.15, 0.2) is 5.69 Å². The summed E-state index contributed by atoms with van der Waals surface area (Å²) in [6.07, 6.45) is 3.76. The number of carbonyl (C=O) groups is 1. The summed E-state index contributed by atoms with van der Waals surface area (Å²) in [5.74, 6) is -0.409. The normalized spacial score (nSPS) is 15.3. The minimum atomic E-state index is -0.321. The maximum Gasteiger partial charge on any atom is 0.286 e. The molecular formula is C17H20Cl2N4O2. The standard InChI is InChI=1S/C17H20Cl2N4O2/c1-2-12-15(16(24)21-22-8-4-3-5-9-22)20-23(17(12)25)14-7-6-11(18)10-13(14)19/h6-7,10,25H,2-5,8-9H2,1H3,(H,21,24). The van der Waals surface area contributed by atoms with Crippen molar-refractivity contribution >= 4 is 29.1 Å². The zero-order valence-corrected chi connectivity index (χ0v) is 15.4. The molecule has 1 aliphatic heterocycles. The Balaban J connectivity index is 1.93. The van der Waals surface area contributed by atoms with Crippen LogP contribution >= 0.6 is 23.2 Å². The highest BCUT2D eigenvalue weighted by atomic mass is 35.5. The number of hydrogen-bond acceptors (Lipinski definition) is 4. The van der Waals surface area contributed by atoms with Crippen molar-refractivity contribution in [2.45, 2.75) is 32.6 Å². The van der Waals surface area contributed by atoms with Crippen LogP contribution in [0.4, 0.5) is 0 Å². The first-order valence-corrected chi connectivity index (χ1v) is 9.09. The van der Waals surface area contributed by atoms with Gasteiger partial charge >= 0.3 is 0 Å². The van der Waals surface area contributed by atoms with Crippen molar-refractivity contribution in [3.8, 4) is 11.6 Å². The lowest BCUT2D eigenvalue weighted by Crippen LogP contribution is -2.45. The van der Waals surface area contributed by atoms with Crippen LogP contribution < -0.4 is 5.43 Å². The largest absolute Gasteiger partial charge is 0.493 e. The number of piperidine rings is 1. The quantitative estimate of drug-likeness (QED) is 0.847. The van der Waals surface area contributed by atoms with Crippen LogP contribution in [0.2, 0.25) is 10.0 Å². The smallest absolute Gasteiger partial charge is 0.286 e. The van der Waals surface area contributed by atoms with Gasteiger partial charge in [0, 0.05) is 23.7 Å². The van der Waals surface area contributed by atoms with E-state index in [4.69, 9.17) is 23.2 Å². The van der Waals surface area contributed by atoms with Crippen molar-refractivity contribution in [1.29, 1.82) is 0 Å². The molecule has 1 aromatic heterocycles. The first kappa shape index (κ1) is 18.0. The van der Waals surface area contributed by atoms with Crippen LogP contribution in [0.1, 0.15) is 42.2 Å². The van der Waals surface area contributed by atoms with E-state index in [-0.39, 0.29) is 17.5 Å². The number of amides is 1. The molecule has 0 unspecified atom stereocenters. The first-order chi connectivity index (χ1) is 12.0. The number of aromatic hydroxyl groups is 1. The van der Waals surface area contributed by atoms with Gasteiger partial charge in [0.25, 0.3) is 5.91 Å². The van der Waals surface area contributed by atoms with Crippen LogP contribution in [0.3, 0.4) is 0 Å². The van der Waals surface area contributed by atoms with E-state index in [1.165, 1.54) is 11.1 Å². The molecule has 3 rings (SSSR count). The molecule has 1 saturated heterocycles. The van der Waals surface area contributed by atoms with Crippen molar-refractivity contribution in [1.82, 2.24) is 20.2 Å². The summed E-state index contributed by atoms with van der Waals surface area (Å²) in [5.41, 5.74) is 4.04. The summed E-state index contributed by atoms with van der Waals surface area (Å²) < 4.78 is 1.28. The lowest BCUT2D eigenvalue weighted by molar-refractivity contribution is 0.0743. The van der Waals surface area contributed by atoms with Crippen molar-refractivity contribution in [3.05, 3.63) is 39.5 Å². The zero-order valence-electron chi connectivity index (χ0n) is 13.9. The van der Waals surface area contributed by atoms with Gasteiger partial charge in [-0.15, -0.1) is 0 Å². The number of rotatable bonds is 4. The zero-order chi connectivity index (χ0) is 18.0. The van der Waals surface area contributed by atoms with E-state index >= 15 is 0 Å². The predicted octanol–water partition coefficient (Wildman–Crippen LogP) is 3.58. The molecule has 1 fully saturated rings. The summed E-state index contributed by atoms with van der Waals surface area (Å²) in [6, 6.07) is 4.88. The summed E-state index contributed by atoms with van der Waals surface area (Å²) in [5, 5.41) is 17.6. The van der Waals surface area contributed by atoms with E-state index < -0.39 is 0 Å². The van der Waals surface area contributed by atoms with E-state index in [9.17, 15) is 9.90 Å². The van der Waals surface area contributed by atoms with Gasteiger partial charge in [0.2, 0.25) is 5.88 Å². The lowest BCUT2D eigenvalue weighted by Gasteiger charge is -2.26. The van der Waals surface area contributed by atoms with Gasteiger partial charge in [-0.3, -0.25) is 10.2 Å². The molecule has 0 atom stereocenters. The number of hydrogen-bond donors (Lipinski definition) is 2. The number of benzene rings is 1. The molecule has 0 radical (unpaired) electrons. The Labute approximate surface area is 156 Å². The second-order valence-corrected chi connectivity index (χ2v) is 6.84. The highest BCUT2D eigenvalue weighted by Crippen LogP contribution is 2.30. The Kier molecular flexibility index (Phi) is 5.51. The van der Waals surface area contributed by atoms with Crippen molar-refractivity contribution in [2.24, 2.45) is 0 Å². The lowest BCUT2D eigenvalue weighted by atomic mass is 10.1. The summed E-state index contributed by atoms with van der Waals surface area (Å²) in [6.45, 7) is 3.51. The molecule has 0 saturated carbocycles. The molecule has 1 amide bonds. The number of halogens is 2. The Bertz CT molecular complexity index is 785. The minimum absolute atomic E-state index is 0.0875. The third kappa shape index (κ3) is 3.76. The molecule has 1 aromatic carbocycles. The average Bonchev–Trinajstić information content (AvgIpc) is 2.92. The second kappa shape index (κ2) is 7.64. The predicted molar refractivity (Wildman–Crippen MR) is 97.5 cm³/mol. The van der Waals surface area contributed by atoms with Crippen molar-refractivity contribution in [3.63, 3.8) is 0 Å². The fraction of sp³-hybridized carbons (Fsp3) is 0.412. The molecule has 0 spiro atoms. The van der Waals surface area contributed by atoms with E-state index in [0.717, 1.165) is 25.9 Å². The molecule has 2 aromatic rings. The maximum atomic E-state index is 12.6. The van der Waals surface area contributed by atoms with E-state index in [0.29, 0.717) is 27.7 Å². The van der Waals surface area contributed by atoms with Gasteiger partial charge in [-0.1, -0.05) is 36.5 Å². The topological polar surface area (TPSA) is 70.4 Å². The van der Waals surface area contributed by atoms with Gasteiger partial charge in [0.05, 0.1) is 10.7 Å². The molecule has 0 bridgehead atoms. The summed E-state index contributed by atoms with van der Waals surface area (Å²) in [4.78, 5) is 12.6. The SMILES string of the molecule is CCc1c(C(=O)NN2CCCCC2)nn(-c2ccc(Cl)cc2Cl)c1O. The fourth-order valence-electron chi connectivity index (χ4n) is 2.97. The summed E-state index contributed by atoms with van der Waals surface area (Å²) >= 11 is 12.1. The molecule has 6 nitrogen and oxygen atoms in total. The first-order valence-electron chi connectivity index (χ1n) is 8.33. The van der Waals surface area contributed by atoms with Gasteiger partial charge in [0.1, 0.15) is 0 Å². The van der Waals surface area contributed by atoms with Gasteiger partial charge in [-0.05, 0) is 37.5 Å². The average molecular weight is 383 g/mol. The number of nitrogens with one attached hydrogen (secondary N) is 1. The van der Waals surface area contributed by atoms with Crippen LogP contribution in [0.15, 0.2) is 18.2 Å². The Morgan fingerprint density at radius 3 is 2.64 bits per heavy atom. The third-order valence-electron chi connectivity index (χ3n) is 4.28.